The second-order valence-electron chi connectivity index (χ2n) is 7.69. The highest BCUT2D eigenvalue weighted by Crippen LogP contribution is 2.28. The van der Waals surface area contributed by atoms with Gasteiger partial charge in [-0.25, -0.2) is 4.68 Å². The molecule has 2 heterocycles. The van der Waals surface area contributed by atoms with Crippen molar-refractivity contribution >= 4 is 23.1 Å². The van der Waals surface area contributed by atoms with E-state index in [4.69, 9.17) is 11.6 Å². The van der Waals surface area contributed by atoms with Crippen LogP contribution >= 0.6 is 11.6 Å². The molecular weight excluding hydrogens is 362 g/mol. The molecule has 6 heteroatoms. The van der Waals surface area contributed by atoms with Crippen LogP contribution in [0.1, 0.15) is 42.6 Å². The molecule has 0 aliphatic carbocycles. The lowest BCUT2D eigenvalue weighted by molar-refractivity contribution is 0.0900. The molecule has 1 aromatic carbocycles. The second-order valence-corrected chi connectivity index (χ2v) is 8.07. The number of Topliss-reactive ketones (excluding diaryl/α,β-unsaturated/α-hetero) is 1. The Labute approximate surface area is 165 Å². The van der Waals surface area contributed by atoms with Gasteiger partial charge in [0.05, 0.1) is 11.9 Å². The van der Waals surface area contributed by atoms with E-state index in [1.807, 2.05) is 17.0 Å². The summed E-state index contributed by atoms with van der Waals surface area (Å²) in [5, 5.41) is 4.25. The van der Waals surface area contributed by atoms with Crippen LogP contribution in [0.25, 0.3) is 0 Å². The molecule has 0 atom stereocenters. The first-order valence-electron chi connectivity index (χ1n) is 9.46. The first-order valence-corrected chi connectivity index (χ1v) is 9.84. The van der Waals surface area contributed by atoms with Crippen molar-refractivity contribution in [3.05, 3.63) is 57.0 Å². The molecule has 0 amide bonds. The fourth-order valence-corrected chi connectivity index (χ4v) is 3.91. The lowest BCUT2D eigenvalue weighted by Gasteiger charge is -2.33. The van der Waals surface area contributed by atoms with Gasteiger partial charge >= 0.3 is 0 Å². The summed E-state index contributed by atoms with van der Waals surface area (Å²) >= 11 is 6.20. The third-order valence-electron chi connectivity index (χ3n) is 5.15. The SMILES string of the molecule is CC(C)Cc1ccc(C(=O)C2CCN(c3cnn(C)c(=O)c3Cl)CC2)cc1. The van der Waals surface area contributed by atoms with E-state index < -0.39 is 0 Å². The zero-order valence-electron chi connectivity index (χ0n) is 16.1. The number of anilines is 1. The standard InChI is InChI=1S/C21H26ClN3O2/c1-14(2)12-15-4-6-16(7-5-15)20(26)17-8-10-25(11-9-17)18-13-23-24(3)21(27)19(18)22/h4-7,13-14,17H,8-12H2,1-3H3. The molecule has 1 aliphatic heterocycles. The van der Waals surface area contributed by atoms with Crippen molar-refractivity contribution in [2.75, 3.05) is 18.0 Å². The van der Waals surface area contributed by atoms with Crippen LogP contribution in [-0.2, 0) is 13.5 Å². The molecule has 0 radical (unpaired) electrons. The van der Waals surface area contributed by atoms with Gasteiger partial charge in [0.2, 0.25) is 0 Å². The largest absolute Gasteiger partial charge is 0.369 e. The van der Waals surface area contributed by atoms with Gasteiger partial charge in [0.15, 0.2) is 5.78 Å². The summed E-state index contributed by atoms with van der Waals surface area (Å²) in [6, 6.07) is 8.03. The summed E-state index contributed by atoms with van der Waals surface area (Å²) in [4.78, 5) is 26.9. The number of nitrogens with zero attached hydrogens (tertiary/aromatic N) is 3. The fraction of sp³-hybridized carbons (Fsp3) is 0.476. The number of rotatable bonds is 5. The van der Waals surface area contributed by atoms with Crippen molar-refractivity contribution in [2.24, 2.45) is 18.9 Å². The minimum Gasteiger partial charge on any atom is -0.369 e. The molecule has 0 bridgehead atoms. The Hall–Kier alpha value is -2.14. The van der Waals surface area contributed by atoms with Gasteiger partial charge in [0.25, 0.3) is 5.56 Å². The molecule has 1 saturated heterocycles. The van der Waals surface area contributed by atoms with Gasteiger partial charge in [-0.05, 0) is 30.7 Å². The summed E-state index contributed by atoms with van der Waals surface area (Å²) in [6.07, 6.45) is 4.15. The van der Waals surface area contributed by atoms with Crippen LogP contribution in [0.4, 0.5) is 5.69 Å². The van der Waals surface area contributed by atoms with Crippen LogP contribution in [0.5, 0.6) is 0 Å². The molecule has 144 valence electrons. The number of hydrogen-bond acceptors (Lipinski definition) is 4. The van der Waals surface area contributed by atoms with E-state index in [2.05, 4.69) is 31.1 Å². The Bertz CT molecular complexity index is 866. The predicted molar refractivity (Wildman–Crippen MR) is 109 cm³/mol. The van der Waals surface area contributed by atoms with Gasteiger partial charge in [-0.3, -0.25) is 9.59 Å². The summed E-state index contributed by atoms with van der Waals surface area (Å²) in [7, 11) is 1.58. The Balaban J connectivity index is 1.64. The monoisotopic (exact) mass is 387 g/mol. The molecule has 0 spiro atoms. The number of aromatic nitrogens is 2. The van der Waals surface area contributed by atoms with E-state index in [-0.39, 0.29) is 22.3 Å². The molecule has 3 rings (SSSR count). The van der Waals surface area contributed by atoms with Crippen LogP contribution in [0.3, 0.4) is 0 Å². The maximum atomic E-state index is 12.8. The number of hydrogen-bond donors (Lipinski definition) is 0. The Morgan fingerprint density at radius 2 is 1.85 bits per heavy atom. The van der Waals surface area contributed by atoms with Crippen LogP contribution in [0.15, 0.2) is 35.3 Å². The zero-order valence-corrected chi connectivity index (χ0v) is 16.9. The topological polar surface area (TPSA) is 55.2 Å². The highest BCUT2D eigenvalue weighted by molar-refractivity contribution is 6.33. The van der Waals surface area contributed by atoms with Crippen LogP contribution < -0.4 is 10.5 Å². The quantitative estimate of drug-likeness (QED) is 0.733. The molecule has 0 saturated carbocycles. The van der Waals surface area contributed by atoms with Gasteiger partial charge in [-0.2, -0.15) is 5.10 Å². The van der Waals surface area contributed by atoms with E-state index in [1.54, 1.807) is 13.2 Å². The smallest absolute Gasteiger partial charge is 0.287 e. The van der Waals surface area contributed by atoms with E-state index >= 15 is 0 Å². The second kappa shape index (κ2) is 8.26. The Morgan fingerprint density at radius 1 is 1.22 bits per heavy atom. The van der Waals surface area contributed by atoms with Crippen molar-refractivity contribution < 1.29 is 4.79 Å². The van der Waals surface area contributed by atoms with Gasteiger partial charge < -0.3 is 4.90 Å². The minimum atomic E-state index is -0.297. The lowest BCUT2D eigenvalue weighted by Crippen LogP contribution is -2.37. The highest BCUT2D eigenvalue weighted by atomic mass is 35.5. The van der Waals surface area contributed by atoms with E-state index in [0.29, 0.717) is 24.7 Å². The number of carbonyl (C=O) groups excluding carboxylic acids is 1. The molecule has 1 fully saturated rings. The minimum absolute atomic E-state index is 0.00970. The molecule has 0 N–H and O–H groups in total. The van der Waals surface area contributed by atoms with E-state index in [9.17, 15) is 9.59 Å². The molecule has 1 aromatic heterocycles. The number of halogens is 1. The first kappa shape index (κ1) is 19.6. The van der Waals surface area contributed by atoms with Crippen molar-refractivity contribution in [3.63, 3.8) is 0 Å². The molecule has 1 aliphatic rings. The number of aryl methyl sites for hydroxylation is 1. The molecule has 5 nitrogen and oxygen atoms in total. The third-order valence-corrected chi connectivity index (χ3v) is 5.50. The van der Waals surface area contributed by atoms with Crippen molar-refractivity contribution in [1.82, 2.24) is 9.78 Å². The van der Waals surface area contributed by atoms with Gasteiger partial charge in [-0.1, -0.05) is 49.7 Å². The van der Waals surface area contributed by atoms with E-state index in [0.717, 1.165) is 24.8 Å². The van der Waals surface area contributed by atoms with E-state index in [1.165, 1.54) is 10.2 Å². The maximum Gasteiger partial charge on any atom is 0.287 e. The molecular formula is C21H26ClN3O2. The zero-order chi connectivity index (χ0) is 19.6. The summed E-state index contributed by atoms with van der Waals surface area (Å²) in [5.74, 6) is 0.821. The number of ketones is 1. The number of piperidine rings is 1. The average molecular weight is 388 g/mol. The van der Waals surface area contributed by atoms with Crippen molar-refractivity contribution in [2.45, 2.75) is 33.1 Å². The fourth-order valence-electron chi connectivity index (χ4n) is 3.62. The highest BCUT2D eigenvalue weighted by Gasteiger charge is 2.27. The lowest BCUT2D eigenvalue weighted by atomic mass is 9.88. The molecule has 27 heavy (non-hydrogen) atoms. The van der Waals surface area contributed by atoms with Crippen LogP contribution in [0, 0.1) is 11.8 Å². The van der Waals surface area contributed by atoms with Crippen LogP contribution in [0.2, 0.25) is 5.02 Å². The Kier molecular flexibility index (Phi) is 6.00. The van der Waals surface area contributed by atoms with Crippen molar-refractivity contribution in [1.29, 1.82) is 0 Å². The Morgan fingerprint density at radius 3 is 2.44 bits per heavy atom. The average Bonchev–Trinajstić information content (AvgIpc) is 2.66. The maximum absolute atomic E-state index is 12.8. The van der Waals surface area contributed by atoms with Gasteiger partial charge in [0, 0.05) is 31.6 Å². The predicted octanol–water partition coefficient (Wildman–Crippen LogP) is 3.73. The van der Waals surface area contributed by atoms with Crippen LogP contribution in [-0.4, -0.2) is 28.7 Å². The summed E-state index contributed by atoms with van der Waals surface area (Å²) in [5.41, 5.74) is 2.41. The number of carbonyl (C=O) groups is 1. The van der Waals surface area contributed by atoms with Gasteiger partial charge in [-0.15, -0.1) is 0 Å². The normalized spacial score (nSPS) is 15.4. The van der Waals surface area contributed by atoms with Gasteiger partial charge in [0.1, 0.15) is 5.02 Å². The summed E-state index contributed by atoms with van der Waals surface area (Å²) < 4.78 is 1.23. The molecule has 0 unspecified atom stereocenters. The van der Waals surface area contributed by atoms with Crippen molar-refractivity contribution in [3.8, 4) is 0 Å². The third kappa shape index (κ3) is 4.41. The first-order chi connectivity index (χ1) is 12.9. The molecule has 2 aromatic rings. The number of benzene rings is 1. The summed E-state index contributed by atoms with van der Waals surface area (Å²) in [6.45, 7) is 5.77.